The molecule has 1 aromatic rings. The Morgan fingerprint density at radius 1 is 0.973 bits per heavy atom. The molecule has 0 radical (unpaired) electrons. The molecule has 0 aliphatic heterocycles. The zero-order chi connectivity index (χ0) is 26.6. The maximum absolute atomic E-state index is 11.6. The monoisotopic (exact) mass is 500 g/mol. The van der Waals surface area contributed by atoms with Crippen molar-refractivity contribution in [3.8, 4) is 0 Å². The quantitative estimate of drug-likeness (QED) is 0.412. The van der Waals surface area contributed by atoms with Gasteiger partial charge >= 0.3 is 0 Å². The molecule has 5 rings (SSSR count). The van der Waals surface area contributed by atoms with Crippen molar-refractivity contribution in [2.24, 2.45) is 39.9 Å². The lowest BCUT2D eigenvalue weighted by molar-refractivity contribution is -0.0568. The summed E-state index contributed by atoms with van der Waals surface area (Å²) >= 11 is 0. The lowest BCUT2D eigenvalue weighted by atomic mass is 9.45. The highest BCUT2D eigenvalue weighted by Gasteiger charge is 2.58. The molecule has 0 bridgehead atoms. The average molecular weight is 501 g/mol. The number of rotatable bonds is 6. The molecule has 1 nitrogen and oxygen atoms in total. The molecule has 0 unspecified atom stereocenters. The molecule has 1 fully saturated rings. The van der Waals surface area contributed by atoms with Crippen LogP contribution in [0, 0.1) is 39.9 Å². The summed E-state index contributed by atoms with van der Waals surface area (Å²) in [4.78, 5) is 0. The van der Waals surface area contributed by atoms with Crippen LogP contribution in [0.4, 0.5) is 0 Å². The molecule has 0 aromatic heterocycles. The van der Waals surface area contributed by atoms with E-state index in [1.54, 1.807) is 16.7 Å². The van der Waals surface area contributed by atoms with Gasteiger partial charge in [-0.15, -0.1) is 0 Å². The number of allylic oxidation sites excluding steroid dienone is 4. The molecule has 1 N–H and O–H groups in total. The van der Waals surface area contributed by atoms with Gasteiger partial charge in [-0.1, -0.05) is 116 Å². The summed E-state index contributed by atoms with van der Waals surface area (Å²) in [6.45, 7) is 17.1. The van der Waals surface area contributed by atoms with E-state index in [9.17, 15) is 5.11 Å². The number of benzene rings is 1. The third-order valence-electron chi connectivity index (χ3n) is 11.5. The summed E-state index contributed by atoms with van der Waals surface area (Å²) in [6, 6.07) is 10.6. The van der Waals surface area contributed by atoms with Crippen molar-refractivity contribution in [2.75, 3.05) is 0 Å². The SMILES string of the molecule is CC(C)CCC[C@@H](C)[C@H]1CC=C2C3=C(CC[C@@]21C)[C@@]1(C)C/C(=C\c2ccccc2)[C@H](O)C(C)(C)[C@@H]1CC3. The number of fused-ring (bicyclic) bond motifs is 4. The second kappa shape index (κ2) is 9.86. The van der Waals surface area contributed by atoms with Crippen molar-refractivity contribution in [3.05, 3.63) is 64.3 Å². The number of aliphatic hydroxyl groups is 1. The lowest BCUT2D eigenvalue weighted by Gasteiger charge is -2.60. The summed E-state index contributed by atoms with van der Waals surface area (Å²) in [5.41, 5.74) is 8.02. The predicted octanol–water partition coefficient (Wildman–Crippen LogP) is 9.78. The largest absolute Gasteiger partial charge is 0.388 e. The van der Waals surface area contributed by atoms with Gasteiger partial charge in [-0.05, 0) is 101 Å². The van der Waals surface area contributed by atoms with Crippen molar-refractivity contribution in [3.63, 3.8) is 0 Å². The second-order valence-corrected chi connectivity index (χ2v) is 14.7. The first kappa shape index (κ1) is 27.0. The molecular weight excluding hydrogens is 448 g/mol. The van der Waals surface area contributed by atoms with Crippen molar-refractivity contribution < 1.29 is 5.11 Å². The topological polar surface area (TPSA) is 20.2 Å². The van der Waals surface area contributed by atoms with Crippen LogP contribution < -0.4 is 0 Å². The van der Waals surface area contributed by atoms with Gasteiger partial charge in [-0.25, -0.2) is 0 Å². The van der Waals surface area contributed by atoms with E-state index in [0.29, 0.717) is 11.3 Å². The highest BCUT2D eigenvalue weighted by atomic mass is 16.3. The van der Waals surface area contributed by atoms with Gasteiger partial charge < -0.3 is 5.11 Å². The first-order valence-electron chi connectivity index (χ1n) is 15.4. The van der Waals surface area contributed by atoms with Gasteiger partial charge in [0.15, 0.2) is 0 Å². The molecule has 202 valence electrons. The molecule has 6 atom stereocenters. The number of hydrogen-bond donors (Lipinski definition) is 1. The smallest absolute Gasteiger partial charge is 0.0807 e. The standard InChI is InChI=1S/C36H52O/c1-24(2)12-11-13-25(3)29-17-18-30-28-16-19-32-34(4,5)33(37)27(22-26-14-9-8-10-15-26)23-36(32,7)31(28)20-21-35(29,30)6/h8-10,14-15,18,22,24-25,29,32-33,37H,11-13,16-17,19-21,23H2,1-7H3/b27-22+/t25-,29-,32+,33+,35-,36-/m1/s1. The van der Waals surface area contributed by atoms with E-state index in [1.807, 2.05) is 0 Å². The molecular formula is C36H52O. The normalized spacial score (nSPS) is 36.7. The van der Waals surface area contributed by atoms with Crippen molar-refractivity contribution >= 4 is 6.08 Å². The summed E-state index contributed by atoms with van der Waals surface area (Å²) in [5.74, 6) is 2.94. The van der Waals surface area contributed by atoms with Gasteiger partial charge in [0.1, 0.15) is 0 Å². The summed E-state index contributed by atoms with van der Waals surface area (Å²) in [7, 11) is 0. The Morgan fingerprint density at radius 2 is 1.70 bits per heavy atom. The van der Waals surface area contributed by atoms with Crippen LogP contribution >= 0.6 is 0 Å². The third-order valence-corrected chi connectivity index (χ3v) is 11.5. The Morgan fingerprint density at radius 3 is 2.41 bits per heavy atom. The Bertz CT molecular complexity index is 1080. The Balaban J connectivity index is 1.46. The Hall–Kier alpha value is -1.60. The van der Waals surface area contributed by atoms with E-state index in [1.165, 1.54) is 62.5 Å². The van der Waals surface area contributed by atoms with Crippen LogP contribution in [0.1, 0.15) is 112 Å². The minimum absolute atomic E-state index is 0.121. The Labute approximate surface area is 227 Å². The molecule has 0 saturated heterocycles. The fourth-order valence-electron chi connectivity index (χ4n) is 9.57. The Kier molecular flexibility index (Phi) is 7.19. The molecule has 37 heavy (non-hydrogen) atoms. The highest BCUT2D eigenvalue weighted by Crippen LogP contribution is 2.67. The van der Waals surface area contributed by atoms with Crippen LogP contribution in [-0.4, -0.2) is 11.2 Å². The minimum atomic E-state index is -0.372. The molecule has 1 saturated carbocycles. The predicted molar refractivity (Wildman–Crippen MR) is 158 cm³/mol. The van der Waals surface area contributed by atoms with E-state index < -0.39 is 0 Å². The minimum Gasteiger partial charge on any atom is -0.388 e. The van der Waals surface area contributed by atoms with E-state index in [0.717, 1.165) is 24.2 Å². The number of aliphatic hydroxyl groups excluding tert-OH is 1. The molecule has 1 aromatic carbocycles. The van der Waals surface area contributed by atoms with Crippen molar-refractivity contribution in [1.82, 2.24) is 0 Å². The van der Waals surface area contributed by atoms with Gasteiger partial charge in [-0.2, -0.15) is 0 Å². The molecule has 4 aliphatic rings. The zero-order valence-corrected chi connectivity index (χ0v) is 24.7. The molecule has 4 aliphatic carbocycles. The molecule has 0 heterocycles. The first-order chi connectivity index (χ1) is 17.5. The highest BCUT2D eigenvalue weighted by molar-refractivity contribution is 5.57. The fourth-order valence-corrected chi connectivity index (χ4v) is 9.57. The van der Waals surface area contributed by atoms with Crippen LogP contribution in [0.3, 0.4) is 0 Å². The van der Waals surface area contributed by atoms with E-state index >= 15 is 0 Å². The summed E-state index contributed by atoms with van der Waals surface area (Å²) < 4.78 is 0. The first-order valence-corrected chi connectivity index (χ1v) is 15.4. The van der Waals surface area contributed by atoms with Crippen LogP contribution in [0.2, 0.25) is 0 Å². The number of hydrogen-bond acceptors (Lipinski definition) is 1. The van der Waals surface area contributed by atoms with Crippen LogP contribution in [0.25, 0.3) is 6.08 Å². The average Bonchev–Trinajstić information content (AvgIpc) is 3.20. The van der Waals surface area contributed by atoms with Crippen LogP contribution in [0.5, 0.6) is 0 Å². The van der Waals surface area contributed by atoms with Crippen molar-refractivity contribution in [2.45, 2.75) is 112 Å². The maximum Gasteiger partial charge on any atom is 0.0807 e. The lowest BCUT2D eigenvalue weighted by Crippen LogP contribution is -2.54. The third kappa shape index (κ3) is 4.52. The zero-order valence-electron chi connectivity index (χ0n) is 24.7. The fraction of sp³-hybridized carbons (Fsp3) is 0.667. The molecule has 0 spiro atoms. The van der Waals surface area contributed by atoms with Gasteiger partial charge in [0.05, 0.1) is 6.10 Å². The maximum atomic E-state index is 11.6. The van der Waals surface area contributed by atoms with Crippen molar-refractivity contribution in [1.29, 1.82) is 0 Å². The van der Waals surface area contributed by atoms with E-state index in [2.05, 4.69) is 91.0 Å². The van der Waals surface area contributed by atoms with Crippen LogP contribution in [0.15, 0.2) is 58.7 Å². The van der Waals surface area contributed by atoms with E-state index in [4.69, 9.17) is 0 Å². The summed E-state index contributed by atoms with van der Waals surface area (Å²) in [6.07, 6.45) is 15.9. The van der Waals surface area contributed by atoms with Gasteiger partial charge in [0.25, 0.3) is 0 Å². The van der Waals surface area contributed by atoms with Gasteiger partial charge in [-0.3, -0.25) is 0 Å². The molecule has 0 amide bonds. The van der Waals surface area contributed by atoms with Gasteiger partial charge in [0, 0.05) is 0 Å². The van der Waals surface area contributed by atoms with E-state index in [-0.39, 0.29) is 16.9 Å². The van der Waals surface area contributed by atoms with Crippen LogP contribution in [-0.2, 0) is 0 Å². The van der Waals surface area contributed by atoms with Gasteiger partial charge in [0.2, 0.25) is 0 Å². The summed E-state index contributed by atoms with van der Waals surface area (Å²) in [5, 5.41) is 11.6. The molecule has 1 heteroatoms. The second-order valence-electron chi connectivity index (χ2n) is 14.7.